The zero-order valence-corrected chi connectivity index (χ0v) is 10.8. The second-order valence-electron chi connectivity index (χ2n) is 3.71. The Morgan fingerprint density at radius 3 is 2.25 bits per heavy atom. The number of rotatable bonds is 4. The molecule has 3 rings (SSSR count). The number of aromatic nitrogens is 3. The molecule has 0 spiro atoms. The van der Waals surface area contributed by atoms with Crippen LogP contribution >= 0.6 is 0 Å². The lowest BCUT2D eigenvalue weighted by atomic mass is 10.3. The Morgan fingerprint density at radius 2 is 1.55 bits per heavy atom. The van der Waals surface area contributed by atoms with Crippen LogP contribution in [0.4, 0.5) is 0 Å². The van der Waals surface area contributed by atoms with Gasteiger partial charge < -0.3 is 23.7 Å². The van der Waals surface area contributed by atoms with Crippen LogP contribution < -0.4 is 23.7 Å². The summed E-state index contributed by atoms with van der Waals surface area (Å²) in [5.74, 6) is 1.78. The van der Waals surface area contributed by atoms with E-state index < -0.39 is 0 Å². The van der Waals surface area contributed by atoms with Crippen molar-refractivity contribution in [3.63, 3.8) is 0 Å². The van der Waals surface area contributed by atoms with Crippen molar-refractivity contribution < 1.29 is 23.7 Å². The Labute approximate surface area is 114 Å². The lowest BCUT2D eigenvalue weighted by Gasteiger charge is -2.06. The third kappa shape index (κ3) is 2.35. The third-order valence-electron chi connectivity index (χ3n) is 2.49. The maximum absolute atomic E-state index is 5.53. The van der Waals surface area contributed by atoms with E-state index in [0.717, 1.165) is 0 Å². The van der Waals surface area contributed by atoms with Crippen LogP contribution in [-0.2, 0) is 0 Å². The summed E-state index contributed by atoms with van der Waals surface area (Å²) in [6, 6.07) is 5.42. The molecule has 0 N–H and O–H groups in total. The number of nitrogens with zero attached hydrogens (tertiary/aromatic N) is 3. The molecule has 8 heteroatoms. The fourth-order valence-electron chi connectivity index (χ4n) is 1.59. The van der Waals surface area contributed by atoms with Crippen molar-refractivity contribution in [2.24, 2.45) is 0 Å². The molecule has 1 aliphatic rings. The van der Waals surface area contributed by atoms with Crippen molar-refractivity contribution in [2.45, 2.75) is 0 Å². The van der Waals surface area contributed by atoms with Crippen LogP contribution in [0.1, 0.15) is 0 Å². The molecule has 0 saturated carbocycles. The molecule has 0 aliphatic carbocycles. The first kappa shape index (κ1) is 12.3. The lowest BCUT2D eigenvalue weighted by molar-refractivity contribution is 0.174. The van der Waals surface area contributed by atoms with E-state index in [-0.39, 0.29) is 24.8 Å². The molecule has 0 unspecified atom stereocenters. The minimum absolute atomic E-state index is 0.0626. The average Bonchev–Trinajstić information content (AvgIpc) is 2.94. The molecule has 104 valence electrons. The van der Waals surface area contributed by atoms with Crippen molar-refractivity contribution in [3.05, 3.63) is 18.2 Å². The smallest absolute Gasteiger partial charge is 0.331 e. The van der Waals surface area contributed by atoms with Crippen molar-refractivity contribution in [1.82, 2.24) is 15.0 Å². The summed E-state index contributed by atoms with van der Waals surface area (Å²) in [4.78, 5) is 11.8. The van der Waals surface area contributed by atoms with Gasteiger partial charge in [-0.05, 0) is 12.1 Å². The van der Waals surface area contributed by atoms with Crippen LogP contribution in [0.15, 0.2) is 18.2 Å². The molecule has 2 heterocycles. The maximum atomic E-state index is 5.53. The summed E-state index contributed by atoms with van der Waals surface area (Å²) in [6.07, 6.45) is 0. The molecule has 8 nitrogen and oxygen atoms in total. The van der Waals surface area contributed by atoms with Gasteiger partial charge in [0.25, 0.3) is 0 Å². The van der Waals surface area contributed by atoms with Gasteiger partial charge in [0.2, 0.25) is 6.79 Å². The molecule has 1 aliphatic heterocycles. The topological polar surface area (TPSA) is 84.8 Å². The monoisotopic (exact) mass is 277 g/mol. The molecule has 0 radical (unpaired) electrons. The molecule has 20 heavy (non-hydrogen) atoms. The number of ether oxygens (including phenoxy) is 5. The molecular formula is C12H11N3O5. The fourth-order valence-corrected chi connectivity index (χ4v) is 1.59. The van der Waals surface area contributed by atoms with Crippen LogP contribution in [0.2, 0.25) is 0 Å². The van der Waals surface area contributed by atoms with E-state index in [2.05, 4.69) is 15.0 Å². The Morgan fingerprint density at radius 1 is 0.900 bits per heavy atom. The molecule has 2 aromatic rings. The molecule has 0 saturated heterocycles. The van der Waals surface area contributed by atoms with Crippen molar-refractivity contribution in [3.8, 4) is 35.3 Å². The summed E-state index contributed by atoms with van der Waals surface area (Å²) in [6.45, 7) is 0.201. The molecule has 1 aromatic heterocycles. The molecular weight excluding hydrogens is 266 g/mol. The molecule has 0 fully saturated rings. The summed E-state index contributed by atoms with van der Waals surface area (Å²) in [5.41, 5.74) is 0. The highest BCUT2D eigenvalue weighted by Crippen LogP contribution is 2.36. The van der Waals surface area contributed by atoms with Gasteiger partial charge in [-0.2, -0.15) is 0 Å². The molecule has 0 amide bonds. The zero-order valence-electron chi connectivity index (χ0n) is 10.8. The average molecular weight is 277 g/mol. The van der Waals surface area contributed by atoms with Crippen LogP contribution in [0.5, 0.6) is 35.3 Å². The standard InChI is InChI=1S/C12H11N3O5/c1-16-10-13-11(17-2)15-12(14-10)20-7-3-4-8-9(5-7)19-6-18-8/h3-5H,6H2,1-2H3. The Kier molecular flexibility index (Phi) is 3.12. The number of hydrogen-bond donors (Lipinski definition) is 0. The Balaban J connectivity index is 1.87. The van der Waals surface area contributed by atoms with E-state index in [1.165, 1.54) is 14.2 Å². The predicted molar refractivity (Wildman–Crippen MR) is 65.6 cm³/mol. The second kappa shape index (κ2) is 5.08. The van der Waals surface area contributed by atoms with Gasteiger partial charge >= 0.3 is 18.0 Å². The number of fused-ring (bicyclic) bond motifs is 1. The predicted octanol–water partition coefficient (Wildman–Crippen LogP) is 1.41. The minimum atomic E-state index is 0.0626. The fraction of sp³-hybridized carbons (Fsp3) is 0.250. The Hall–Kier alpha value is -2.77. The third-order valence-corrected chi connectivity index (χ3v) is 2.49. The number of methoxy groups -OCH3 is 2. The first-order chi connectivity index (χ1) is 9.78. The van der Waals surface area contributed by atoms with E-state index in [9.17, 15) is 0 Å². The normalized spacial score (nSPS) is 12.1. The van der Waals surface area contributed by atoms with Crippen LogP contribution in [0.25, 0.3) is 0 Å². The summed E-state index contributed by atoms with van der Waals surface area (Å²) >= 11 is 0. The summed E-state index contributed by atoms with van der Waals surface area (Å²) < 4.78 is 25.9. The van der Waals surface area contributed by atoms with Gasteiger partial charge in [-0.1, -0.05) is 0 Å². The summed E-state index contributed by atoms with van der Waals surface area (Å²) in [5, 5.41) is 0. The van der Waals surface area contributed by atoms with Gasteiger partial charge in [0.15, 0.2) is 11.5 Å². The van der Waals surface area contributed by atoms with Crippen molar-refractivity contribution >= 4 is 0 Å². The number of benzene rings is 1. The van der Waals surface area contributed by atoms with Crippen molar-refractivity contribution in [2.75, 3.05) is 21.0 Å². The highest BCUT2D eigenvalue weighted by Gasteiger charge is 2.15. The lowest BCUT2D eigenvalue weighted by Crippen LogP contribution is -2.01. The molecule has 1 aromatic carbocycles. The highest BCUT2D eigenvalue weighted by molar-refractivity contribution is 5.47. The first-order valence-electron chi connectivity index (χ1n) is 5.70. The van der Waals surface area contributed by atoms with Gasteiger partial charge in [-0.25, -0.2) is 0 Å². The Bertz CT molecular complexity index is 612. The minimum Gasteiger partial charge on any atom is -0.467 e. The summed E-state index contributed by atoms with van der Waals surface area (Å²) in [7, 11) is 2.89. The highest BCUT2D eigenvalue weighted by atomic mass is 16.7. The maximum Gasteiger partial charge on any atom is 0.331 e. The van der Waals surface area contributed by atoms with Gasteiger partial charge in [-0.15, -0.1) is 15.0 Å². The van der Waals surface area contributed by atoms with Crippen LogP contribution in [0.3, 0.4) is 0 Å². The van der Waals surface area contributed by atoms with E-state index in [0.29, 0.717) is 17.2 Å². The number of hydrogen-bond acceptors (Lipinski definition) is 8. The van der Waals surface area contributed by atoms with Crippen molar-refractivity contribution in [1.29, 1.82) is 0 Å². The largest absolute Gasteiger partial charge is 0.467 e. The van der Waals surface area contributed by atoms with Gasteiger partial charge in [-0.3, -0.25) is 0 Å². The van der Waals surface area contributed by atoms with Gasteiger partial charge in [0.1, 0.15) is 5.75 Å². The van der Waals surface area contributed by atoms with Gasteiger partial charge in [0.05, 0.1) is 14.2 Å². The molecule has 0 bridgehead atoms. The van der Waals surface area contributed by atoms with E-state index in [4.69, 9.17) is 23.7 Å². The SMILES string of the molecule is COc1nc(OC)nc(Oc2ccc3c(c2)OCO3)n1. The first-order valence-corrected chi connectivity index (χ1v) is 5.70. The van der Waals surface area contributed by atoms with Crippen LogP contribution in [0, 0.1) is 0 Å². The molecule has 0 atom stereocenters. The van der Waals surface area contributed by atoms with Gasteiger partial charge in [0, 0.05) is 6.07 Å². The van der Waals surface area contributed by atoms with E-state index in [1.807, 2.05) is 0 Å². The van der Waals surface area contributed by atoms with Crippen LogP contribution in [-0.4, -0.2) is 36.0 Å². The van der Waals surface area contributed by atoms with E-state index in [1.54, 1.807) is 18.2 Å². The quantitative estimate of drug-likeness (QED) is 0.829. The van der Waals surface area contributed by atoms with E-state index >= 15 is 0 Å². The zero-order chi connectivity index (χ0) is 13.9. The second-order valence-corrected chi connectivity index (χ2v) is 3.71.